The van der Waals surface area contributed by atoms with E-state index in [2.05, 4.69) is 4.90 Å². The Bertz CT molecular complexity index is 257. The van der Waals surface area contributed by atoms with Crippen LogP contribution in [0.5, 0.6) is 0 Å². The summed E-state index contributed by atoms with van der Waals surface area (Å²) in [5, 5.41) is 0. The van der Waals surface area contributed by atoms with E-state index in [9.17, 15) is 4.79 Å². The lowest BCUT2D eigenvalue weighted by atomic mass is 10.2. The van der Waals surface area contributed by atoms with E-state index in [1.54, 1.807) is 0 Å². The van der Waals surface area contributed by atoms with Crippen LogP contribution < -0.4 is 0 Å². The van der Waals surface area contributed by atoms with Crippen molar-refractivity contribution >= 4 is 5.97 Å². The van der Waals surface area contributed by atoms with Gasteiger partial charge in [-0.1, -0.05) is 0 Å². The van der Waals surface area contributed by atoms with Gasteiger partial charge in [0.1, 0.15) is 5.60 Å². The summed E-state index contributed by atoms with van der Waals surface area (Å²) < 4.78 is 10.6. The predicted octanol–water partition coefficient (Wildman–Crippen LogP) is 0.592. The average Bonchev–Trinajstić information content (AvgIpc) is 2.25. The van der Waals surface area contributed by atoms with Crippen molar-refractivity contribution in [3.05, 3.63) is 0 Å². The third kappa shape index (κ3) is 6.93. The summed E-state index contributed by atoms with van der Waals surface area (Å²) in [6.07, 6.45) is 0. The minimum Gasteiger partial charge on any atom is -0.459 e. The third-order valence-corrected chi connectivity index (χ3v) is 2.72. The smallest absolute Gasteiger partial charge is 0.320 e. The molecular formula is C13H26N2O3. The fraction of sp³-hybridized carbons (Fsp3) is 0.923. The van der Waals surface area contributed by atoms with E-state index in [0.717, 1.165) is 39.4 Å². The second-order valence-corrected chi connectivity index (χ2v) is 5.78. The summed E-state index contributed by atoms with van der Waals surface area (Å²) in [6.45, 7) is 11.5. The minimum atomic E-state index is -0.401. The van der Waals surface area contributed by atoms with Crippen molar-refractivity contribution in [2.75, 3.05) is 53.0 Å². The Morgan fingerprint density at radius 3 is 2.50 bits per heavy atom. The van der Waals surface area contributed by atoms with Gasteiger partial charge < -0.3 is 9.47 Å². The van der Waals surface area contributed by atoms with Crippen LogP contribution in [0.4, 0.5) is 0 Å². The van der Waals surface area contributed by atoms with Crippen LogP contribution in [0, 0.1) is 0 Å². The van der Waals surface area contributed by atoms with Crippen LogP contribution in [0.15, 0.2) is 0 Å². The van der Waals surface area contributed by atoms with Gasteiger partial charge in [-0.3, -0.25) is 14.6 Å². The molecule has 1 aliphatic rings. The average molecular weight is 258 g/mol. The lowest BCUT2D eigenvalue weighted by Gasteiger charge is -2.28. The summed E-state index contributed by atoms with van der Waals surface area (Å²) >= 11 is 0. The number of ether oxygens (including phenoxy) is 2. The van der Waals surface area contributed by atoms with Crippen molar-refractivity contribution in [1.82, 2.24) is 9.80 Å². The lowest BCUT2D eigenvalue weighted by Crippen LogP contribution is -2.42. The molecule has 0 amide bonds. The van der Waals surface area contributed by atoms with Crippen LogP contribution in [0.1, 0.15) is 20.8 Å². The molecule has 18 heavy (non-hydrogen) atoms. The molecule has 1 fully saturated rings. The monoisotopic (exact) mass is 258 g/mol. The van der Waals surface area contributed by atoms with E-state index >= 15 is 0 Å². The Labute approximate surface area is 110 Å². The van der Waals surface area contributed by atoms with Crippen LogP contribution >= 0.6 is 0 Å². The number of likely N-dealkylation sites (N-methyl/N-ethyl adjacent to an activating group) is 1. The highest BCUT2D eigenvalue weighted by molar-refractivity contribution is 5.72. The highest BCUT2D eigenvalue weighted by atomic mass is 16.6. The zero-order valence-corrected chi connectivity index (χ0v) is 12.1. The Morgan fingerprint density at radius 2 is 1.94 bits per heavy atom. The fourth-order valence-corrected chi connectivity index (χ4v) is 1.81. The molecule has 0 aliphatic carbocycles. The molecule has 5 heteroatoms. The molecule has 0 unspecified atom stereocenters. The van der Waals surface area contributed by atoms with Gasteiger partial charge >= 0.3 is 5.97 Å². The summed E-state index contributed by atoms with van der Waals surface area (Å²) in [5.41, 5.74) is -0.401. The Balaban J connectivity index is 2.16. The molecule has 0 atom stereocenters. The zero-order valence-electron chi connectivity index (χ0n) is 12.1. The topological polar surface area (TPSA) is 42.0 Å². The van der Waals surface area contributed by atoms with Crippen LogP contribution in [0.25, 0.3) is 0 Å². The first-order chi connectivity index (χ1) is 8.37. The summed E-state index contributed by atoms with van der Waals surface area (Å²) in [7, 11) is 1.95. The first kappa shape index (κ1) is 15.4. The summed E-state index contributed by atoms with van der Waals surface area (Å²) in [6, 6.07) is 0. The minimum absolute atomic E-state index is 0.160. The first-order valence-electron chi connectivity index (χ1n) is 6.57. The van der Waals surface area contributed by atoms with E-state index in [4.69, 9.17) is 9.47 Å². The van der Waals surface area contributed by atoms with Gasteiger partial charge in [-0.2, -0.15) is 0 Å². The molecule has 0 radical (unpaired) electrons. The lowest BCUT2D eigenvalue weighted by molar-refractivity contribution is -0.155. The summed E-state index contributed by atoms with van der Waals surface area (Å²) in [5.74, 6) is -0.160. The highest BCUT2D eigenvalue weighted by Crippen LogP contribution is 2.07. The van der Waals surface area contributed by atoms with Crippen molar-refractivity contribution in [2.24, 2.45) is 0 Å². The molecule has 1 rings (SSSR count). The molecular weight excluding hydrogens is 232 g/mol. The van der Waals surface area contributed by atoms with E-state index < -0.39 is 5.60 Å². The number of esters is 1. The molecule has 0 spiro atoms. The number of morpholine rings is 1. The molecule has 1 heterocycles. The van der Waals surface area contributed by atoms with E-state index in [-0.39, 0.29) is 5.97 Å². The number of rotatable bonds is 5. The molecule has 5 nitrogen and oxygen atoms in total. The van der Waals surface area contributed by atoms with Gasteiger partial charge in [-0.05, 0) is 27.8 Å². The molecule has 0 aromatic carbocycles. The highest BCUT2D eigenvalue weighted by Gasteiger charge is 2.18. The Hall–Kier alpha value is -0.650. The van der Waals surface area contributed by atoms with Crippen LogP contribution in [0.2, 0.25) is 0 Å². The van der Waals surface area contributed by atoms with E-state index in [1.165, 1.54) is 0 Å². The predicted molar refractivity (Wildman–Crippen MR) is 70.6 cm³/mol. The maximum absolute atomic E-state index is 11.6. The van der Waals surface area contributed by atoms with Gasteiger partial charge in [0.25, 0.3) is 0 Å². The maximum atomic E-state index is 11.6. The normalized spacial score (nSPS) is 18.1. The molecule has 1 aliphatic heterocycles. The Morgan fingerprint density at radius 1 is 1.33 bits per heavy atom. The molecule has 0 N–H and O–H groups in total. The van der Waals surface area contributed by atoms with Gasteiger partial charge in [0.15, 0.2) is 0 Å². The number of carbonyl (C=O) groups is 1. The number of nitrogens with zero attached hydrogens (tertiary/aromatic N) is 2. The van der Waals surface area contributed by atoms with Crippen molar-refractivity contribution < 1.29 is 14.3 Å². The van der Waals surface area contributed by atoms with Crippen molar-refractivity contribution in [3.8, 4) is 0 Å². The van der Waals surface area contributed by atoms with Crippen LogP contribution in [-0.4, -0.2) is 74.4 Å². The van der Waals surface area contributed by atoms with Crippen LogP contribution in [0.3, 0.4) is 0 Å². The van der Waals surface area contributed by atoms with Gasteiger partial charge in [-0.15, -0.1) is 0 Å². The molecule has 0 aromatic rings. The number of hydrogen-bond donors (Lipinski definition) is 0. The van der Waals surface area contributed by atoms with Crippen LogP contribution in [-0.2, 0) is 14.3 Å². The molecule has 0 aromatic heterocycles. The Kier molecular flexibility index (Phi) is 6.05. The molecule has 0 bridgehead atoms. The molecule has 0 saturated carbocycles. The molecule has 1 saturated heterocycles. The zero-order chi connectivity index (χ0) is 13.6. The number of hydrogen-bond acceptors (Lipinski definition) is 5. The summed E-state index contributed by atoms with van der Waals surface area (Å²) in [4.78, 5) is 16.0. The largest absolute Gasteiger partial charge is 0.459 e. The van der Waals surface area contributed by atoms with Crippen molar-refractivity contribution in [3.63, 3.8) is 0 Å². The molecule has 106 valence electrons. The van der Waals surface area contributed by atoms with Gasteiger partial charge in [-0.25, -0.2) is 0 Å². The fourth-order valence-electron chi connectivity index (χ4n) is 1.81. The van der Waals surface area contributed by atoms with Gasteiger partial charge in [0.2, 0.25) is 0 Å². The van der Waals surface area contributed by atoms with Gasteiger partial charge in [0, 0.05) is 26.2 Å². The third-order valence-electron chi connectivity index (χ3n) is 2.72. The maximum Gasteiger partial charge on any atom is 0.320 e. The quantitative estimate of drug-likeness (QED) is 0.675. The SMILES string of the molecule is CN(CCN1CCOCC1)CC(=O)OC(C)(C)C. The van der Waals surface area contributed by atoms with Crippen molar-refractivity contribution in [1.29, 1.82) is 0 Å². The first-order valence-corrected chi connectivity index (χ1v) is 6.57. The number of carbonyl (C=O) groups excluding carboxylic acids is 1. The van der Waals surface area contributed by atoms with E-state index in [0.29, 0.717) is 6.54 Å². The second-order valence-electron chi connectivity index (χ2n) is 5.78. The van der Waals surface area contributed by atoms with Gasteiger partial charge in [0.05, 0.1) is 19.8 Å². The second kappa shape index (κ2) is 7.07. The van der Waals surface area contributed by atoms with Crippen molar-refractivity contribution in [2.45, 2.75) is 26.4 Å². The standard InChI is InChI=1S/C13H26N2O3/c1-13(2,3)18-12(16)11-14(4)5-6-15-7-9-17-10-8-15/h5-11H2,1-4H3. The van der Waals surface area contributed by atoms with E-state index in [1.807, 2.05) is 32.7 Å².